The molecular weight excluding hydrogens is 404 g/mol. The summed E-state index contributed by atoms with van der Waals surface area (Å²) in [6.07, 6.45) is -2.99. The van der Waals surface area contributed by atoms with Gasteiger partial charge >= 0.3 is 5.97 Å². The van der Waals surface area contributed by atoms with Gasteiger partial charge < -0.3 is 30.5 Å². The average Bonchev–Trinajstić information content (AvgIpc) is 3.13. The van der Waals surface area contributed by atoms with Crippen molar-refractivity contribution in [3.63, 3.8) is 0 Å². The fourth-order valence-electron chi connectivity index (χ4n) is 3.46. The third-order valence-corrected chi connectivity index (χ3v) is 5.05. The summed E-state index contributed by atoms with van der Waals surface area (Å²) in [5.74, 6) is -1.38. The van der Waals surface area contributed by atoms with Crippen LogP contribution in [0.4, 0.5) is 11.4 Å². The minimum atomic E-state index is -1.73. The minimum Gasteiger partial charge on any atom is -0.426 e. The zero-order valence-electron chi connectivity index (χ0n) is 16.3. The molecule has 0 saturated carbocycles. The Labute approximate surface area is 177 Å². The number of nitrogen functional groups attached to an aromatic ring is 1. The van der Waals surface area contributed by atoms with E-state index in [4.69, 9.17) is 20.6 Å². The van der Waals surface area contributed by atoms with Crippen LogP contribution in [0.5, 0.6) is 5.75 Å². The lowest BCUT2D eigenvalue weighted by Gasteiger charge is -2.34. The molecule has 10 heteroatoms. The molecule has 10 nitrogen and oxygen atoms in total. The maximum absolute atomic E-state index is 12.9. The van der Waals surface area contributed by atoms with Gasteiger partial charge in [0.1, 0.15) is 11.6 Å². The van der Waals surface area contributed by atoms with Crippen LogP contribution in [0.15, 0.2) is 42.5 Å². The number of anilines is 2. The zero-order valence-corrected chi connectivity index (χ0v) is 16.3. The van der Waals surface area contributed by atoms with Crippen molar-refractivity contribution < 1.29 is 29.0 Å². The van der Waals surface area contributed by atoms with E-state index in [9.17, 15) is 19.5 Å². The maximum atomic E-state index is 12.9. The van der Waals surface area contributed by atoms with Crippen molar-refractivity contribution in [2.45, 2.75) is 18.6 Å². The number of carbonyl (C=O) groups excluding carboxylic acids is 3. The summed E-state index contributed by atoms with van der Waals surface area (Å²) in [7, 11) is 0. The average molecular weight is 424 g/mol. The third kappa shape index (κ3) is 4.11. The Bertz CT molecular complexity index is 1070. The quantitative estimate of drug-likeness (QED) is 0.231. The van der Waals surface area contributed by atoms with E-state index in [0.29, 0.717) is 28.3 Å². The second-order valence-electron chi connectivity index (χ2n) is 7.15. The molecule has 1 saturated heterocycles. The smallest absolute Gasteiger partial charge is 0.315 e. The Balaban J connectivity index is 1.46. The van der Waals surface area contributed by atoms with Crippen LogP contribution >= 0.6 is 0 Å². The summed E-state index contributed by atoms with van der Waals surface area (Å²) in [6.45, 7) is 0.365. The van der Waals surface area contributed by atoms with Crippen molar-refractivity contribution in [2.24, 2.45) is 5.73 Å². The van der Waals surface area contributed by atoms with Gasteiger partial charge in [-0.3, -0.25) is 19.8 Å². The van der Waals surface area contributed by atoms with Gasteiger partial charge in [-0.05, 0) is 42.5 Å². The van der Waals surface area contributed by atoms with Gasteiger partial charge in [-0.15, -0.1) is 0 Å². The predicted molar refractivity (Wildman–Crippen MR) is 110 cm³/mol. The number of ether oxygens (including phenoxy) is 2. The largest absolute Gasteiger partial charge is 0.426 e. The van der Waals surface area contributed by atoms with Crippen LogP contribution in [0.3, 0.4) is 0 Å². The molecular formula is C21H20N4O6. The molecule has 0 aliphatic carbocycles. The van der Waals surface area contributed by atoms with Gasteiger partial charge in [0.25, 0.3) is 11.8 Å². The monoisotopic (exact) mass is 424 g/mol. The number of aliphatic hydroxyl groups is 1. The Morgan fingerprint density at radius 3 is 2.68 bits per heavy atom. The number of rotatable bonds is 5. The Kier molecular flexibility index (Phi) is 5.40. The molecule has 0 radical (unpaired) electrons. The number of fused-ring (bicyclic) bond motifs is 1. The summed E-state index contributed by atoms with van der Waals surface area (Å²) in [5.41, 5.74) is 7.46. The van der Waals surface area contributed by atoms with Crippen molar-refractivity contribution in [1.29, 1.82) is 5.41 Å². The van der Waals surface area contributed by atoms with E-state index in [1.807, 2.05) is 0 Å². The summed E-state index contributed by atoms with van der Waals surface area (Å²) in [5, 5.41) is 20.4. The number of morpholine rings is 1. The highest BCUT2D eigenvalue weighted by molar-refractivity contribution is 6.04. The molecule has 2 aliphatic heterocycles. The molecule has 0 unspecified atom stereocenters. The SMILES string of the molecule is N=C(N)c1ccc(NC(=O)[C@H](O)[C@H]2OCCN(c3ccc4c(c3)CC(=O)O4)C2=O)cc1. The first-order valence-electron chi connectivity index (χ1n) is 9.53. The normalized spacial score (nSPS) is 18.9. The molecule has 2 aliphatic rings. The number of esters is 1. The zero-order chi connectivity index (χ0) is 22.1. The number of hydrogen-bond donors (Lipinski definition) is 4. The molecule has 5 N–H and O–H groups in total. The molecule has 1 fully saturated rings. The first-order valence-corrected chi connectivity index (χ1v) is 9.53. The number of benzene rings is 2. The number of nitrogens with zero attached hydrogens (tertiary/aromatic N) is 1. The molecule has 31 heavy (non-hydrogen) atoms. The summed E-state index contributed by atoms with van der Waals surface area (Å²) in [4.78, 5) is 38.3. The number of carbonyl (C=O) groups is 3. The third-order valence-electron chi connectivity index (χ3n) is 5.05. The lowest BCUT2D eigenvalue weighted by Crippen LogP contribution is -2.55. The van der Waals surface area contributed by atoms with Crippen LogP contribution in [-0.2, 0) is 25.5 Å². The van der Waals surface area contributed by atoms with Gasteiger partial charge in [-0.2, -0.15) is 0 Å². The first kappa shape index (κ1) is 20.5. The highest BCUT2D eigenvalue weighted by Gasteiger charge is 2.39. The van der Waals surface area contributed by atoms with Crippen LogP contribution in [0.2, 0.25) is 0 Å². The lowest BCUT2D eigenvalue weighted by atomic mass is 10.1. The molecule has 0 aromatic heterocycles. The predicted octanol–water partition coefficient (Wildman–Crippen LogP) is 0.164. The van der Waals surface area contributed by atoms with E-state index >= 15 is 0 Å². The standard InChI is InChI=1S/C21H20N4O6/c22-19(23)11-1-3-13(4-2-11)24-20(28)17(27)18-21(29)25(7-8-30-18)14-5-6-15-12(9-14)10-16(26)31-15/h1-6,9,17-18,27H,7-8,10H2,(H3,22,23)(H,24,28)/t17-,18-/m1/s1. The molecule has 4 rings (SSSR count). The van der Waals surface area contributed by atoms with Crippen LogP contribution in [-0.4, -0.2) is 54.1 Å². The van der Waals surface area contributed by atoms with Crippen LogP contribution < -0.4 is 20.7 Å². The van der Waals surface area contributed by atoms with Crippen molar-refractivity contribution in [3.05, 3.63) is 53.6 Å². The number of amides is 2. The van der Waals surface area contributed by atoms with Crippen LogP contribution in [0.25, 0.3) is 0 Å². The van der Waals surface area contributed by atoms with Crippen molar-refractivity contribution >= 4 is 35.0 Å². The van der Waals surface area contributed by atoms with Crippen LogP contribution in [0.1, 0.15) is 11.1 Å². The Morgan fingerprint density at radius 1 is 1.23 bits per heavy atom. The number of nitrogens with one attached hydrogen (secondary N) is 2. The van der Waals surface area contributed by atoms with Gasteiger partial charge in [0.15, 0.2) is 12.2 Å². The Hall–Kier alpha value is -3.76. The topological polar surface area (TPSA) is 155 Å². The minimum absolute atomic E-state index is 0.110. The lowest BCUT2D eigenvalue weighted by molar-refractivity contribution is -0.150. The summed E-state index contributed by atoms with van der Waals surface area (Å²) >= 11 is 0. The van der Waals surface area contributed by atoms with Crippen LogP contribution in [0, 0.1) is 5.41 Å². The van der Waals surface area contributed by atoms with Crippen molar-refractivity contribution in [3.8, 4) is 5.75 Å². The van der Waals surface area contributed by atoms with E-state index in [1.165, 1.54) is 17.0 Å². The number of nitrogens with two attached hydrogens (primary N) is 1. The molecule has 160 valence electrons. The van der Waals surface area contributed by atoms with E-state index in [0.717, 1.165) is 0 Å². The molecule has 0 spiro atoms. The first-order chi connectivity index (χ1) is 14.8. The van der Waals surface area contributed by atoms with E-state index < -0.39 is 24.0 Å². The maximum Gasteiger partial charge on any atom is 0.315 e. The molecule has 0 bridgehead atoms. The van der Waals surface area contributed by atoms with E-state index in [2.05, 4.69) is 5.32 Å². The van der Waals surface area contributed by atoms with E-state index in [-0.39, 0.29) is 31.4 Å². The second kappa shape index (κ2) is 8.17. The second-order valence-corrected chi connectivity index (χ2v) is 7.15. The summed E-state index contributed by atoms with van der Waals surface area (Å²) < 4.78 is 10.5. The number of aliphatic hydroxyl groups excluding tert-OH is 1. The van der Waals surface area contributed by atoms with Crippen molar-refractivity contribution in [1.82, 2.24) is 0 Å². The molecule has 2 heterocycles. The van der Waals surface area contributed by atoms with Crippen molar-refractivity contribution in [2.75, 3.05) is 23.4 Å². The molecule has 2 amide bonds. The highest BCUT2D eigenvalue weighted by atomic mass is 16.5. The number of hydrogen-bond acceptors (Lipinski definition) is 7. The molecule has 2 aromatic carbocycles. The molecule has 2 aromatic rings. The fraction of sp³-hybridized carbons (Fsp3) is 0.238. The van der Waals surface area contributed by atoms with Gasteiger partial charge in [-0.25, -0.2) is 0 Å². The Morgan fingerprint density at radius 2 is 1.97 bits per heavy atom. The van der Waals surface area contributed by atoms with Gasteiger partial charge in [-0.1, -0.05) is 0 Å². The van der Waals surface area contributed by atoms with Gasteiger partial charge in [0, 0.05) is 29.0 Å². The fourth-order valence-corrected chi connectivity index (χ4v) is 3.46. The van der Waals surface area contributed by atoms with E-state index in [1.54, 1.807) is 30.3 Å². The van der Waals surface area contributed by atoms with Gasteiger partial charge in [0.2, 0.25) is 0 Å². The summed E-state index contributed by atoms with van der Waals surface area (Å²) in [6, 6.07) is 11.1. The van der Waals surface area contributed by atoms with Gasteiger partial charge in [0.05, 0.1) is 13.0 Å². The molecule has 2 atom stereocenters. The highest BCUT2D eigenvalue weighted by Crippen LogP contribution is 2.31. The number of amidine groups is 1.